The lowest BCUT2D eigenvalue weighted by molar-refractivity contribution is -0.149. The number of nitrogens with zero attached hydrogens (tertiary/aromatic N) is 5. The summed E-state index contributed by atoms with van der Waals surface area (Å²) in [6, 6.07) is 30.5. The van der Waals surface area contributed by atoms with Gasteiger partial charge in [0.15, 0.2) is 5.16 Å². The van der Waals surface area contributed by atoms with Gasteiger partial charge in [0.1, 0.15) is 5.82 Å². The number of piperazine rings is 1. The summed E-state index contributed by atoms with van der Waals surface area (Å²) in [5.41, 5.74) is 4.84. The van der Waals surface area contributed by atoms with E-state index < -0.39 is 0 Å². The highest BCUT2D eigenvalue weighted by Gasteiger charge is 2.30. The fourth-order valence-electron chi connectivity index (χ4n) is 6.20. The second-order valence-corrected chi connectivity index (χ2v) is 13.1. The van der Waals surface area contributed by atoms with Crippen molar-refractivity contribution in [1.82, 2.24) is 19.8 Å². The number of aromatic nitrogens is 2. The number of rotatable bonds is 11. The van der Waals surface area contributed by atoms with Gasteiger partial charge >= 0.3 is 5.97 Å². The first kappa shape index (κ1) is 33.4. The van der Waals surface area contributed by atoms with Crippen molar-refractivity contribution in [2.45, 2.75) is 30.7 Å². The van der Waals surface area contributed by atoms with Crippen LogP contribution in [0.25, 0.3) is 17.3 Å². The largest absolute Gasteiger partial charge is 0.466 e. The summed E-state index contributed by atoms with van der Waals surface area (Å²) >= 11 is 1.58. The Kier molecular flexibility index (Phi) is 11.5. The van der Waals surface area contributed by atoms with E-state index in [0.29, 0.717) is 36.2 Å². The number of likely N-dealkylation sites (tertiary alicyclic amines) is 1. The highest BCUT2D eigenvalue weighted by atomic mass is 32.2. The minimum Gasteiger partial charge on any atom is -0.466 e. The Balaban J connectivity index is 1.11. The average molecular weight is 662 g/mol. The Morgan fingerprint density at radius 2 is 1.67 bits per heavy atom. The SMILES string of the molecule is CCOC(=O)C1CCCN(C(=O)c2cccc(CSc3nc(-c4ccccc4)cc(N4CCN(C/C=C/c5ccccc5)CC4)n3)c2)C1. The summed E-state index contributed by atoms with van der Waals surface area (Å²) in [5, 5.41) is 0.713. The first-order chi connectivity index (χ1) is 23.6. The molecule has 2 aliphatic heterocycles. The van der Waals surface area contributed by atoms with Crippen LogP contribution in [0.5, 0.6) is 0 Å². The molecule has 3 heterocycles. The van der Waals surface area contributed by atoms with Crippen molar-refractivity contribution in [2.75, 3.05) is 57.3 Å². The van der Waals surface area contributed by atoms with Crippen LogP contribution in [0.2, 0.25) is 0 Å². The lowest BCUT2D eigenvalue weighted by atomic mass is 9.97. The first-order valence-corrected chi connectivity index (χ1v) is 17.9. The molecule has 1 atom stereocenters. The van der Waals surface area contributed by atoms with E-state index in [1.807, 2.05) is 55.5 Å². The molecule has 0 saturated carbocycles. The number of ether oxygens (including phenoxy) is 1. The van der Waals surface area contributed by atoms with Gasteiger partial charge in [-0.05, 0) is 43.0 Å². The van der Waals surface area contributed by atoms with Gasteiger partial charge in [-0.2, -0.15) is 0 Å². The standard InChI is InChI=1S/C39H43N5O3S/c1-2-47-38(46)34-19-11-21-44(28-34)37(45)33-18-9-14-31(26-33)29-48-39-40-35(32-16-7-4-8-17-32)27-36(41-39)43-24-22-42(23-25-43)20-10-15-30-12-5-3-6-13-30/h3-10,12-18,26-27,34H,2,11,19-25,28-29H2,1H3/b15-10+. The van der Waals surface area contributed by atoms with E-state index in [0.717, 1.165) is 68.2 Å². The van der Waals surface area contributed by atoms with Gasteiger partial charge < -0.3 is 14.5 Å². The van der Waals surface area contributed by atoms with E-state index >= 15 is 0 Å². The maximum Gasteiger partial charge on any atom is 0.310 e. The number of anilines is 1. The molecule has 2 fully saturated rings. The molecule has 0 aliphatic carbocycles. The molecule has 48 heavy (non-hydrogen) atoms. The third kappa shape index (κ3) is 8.90. The molecule has 4 aromatic rings. The fraction of sp³-hybridized carbons (Fsp3) is 0.333. The zero-order valence-corrected chi connectivity index (χ0v) is 28.4. The Bertz CT molecular complexity index is 1690. The lowest BCUT2D eigenvalue weighted by Crippen LogP contribution is -2.46. The van der Waals surface area contributed by atoms with Crippen LogP contribution < -0.4 is 4.90 Å². The number of carbonyl (C=O) groups is 2. The van der Waals surface area contributed by atoms with E-state index in [9.17, 15) is 9.59 Å². The quantitative estimate of drug-likeness (QED) is 0.100. The molecule has 1 aromatic heterocycles. The molecule has 0 N–H and O–H groups in total. The van der Waals surface area contributed by atoms with Crippen molar-refractivity contribution in [1.29, 1.82) is 0 Å². The van der Waals surface area contributed by atoms with Crippen LogP contribution in [-0.2, 0) is 15.3 Å². The van der Waals surface area contributed by atoms with Crippen molar-refractivity contribution in [3.05, 3.63) is 114 Å². The molecular weight excluding hydrogens is 619 g/mol. The Morgan fingerprint density at radius 1 is 0.896 bits per heavy atom. The van der Waals surface area contributed by atoms with E-state index in [-0.39, 0.29) is 17.8 Å². The number of amides is 1. The summed E-state index contributed by atoms with van der Waals surface area (Å²) in [4.78, 5) is 42.4. The number of esters is 1. The number of hydrogen-bond donors (Lipinski definition) is 0. The molecular formula is C39H43N5O3S. The summed E-state index contributed by atoms with van der Waals surface area (Å²) in [7, 11) is 0. The van der Waals surface area contributed by atoms with Gasteiger partial charge in [0.2, 0.25) is 0 Å². The Hall–Kier alpha value is -4.47. The normalized spacial score (nSPS) is 17.1. The fourth-order valence-corrected chi connectivity index (χ4v) is 6.99. The van der Waals surface area contributed by atoms with Gasteiger partial charge in [-0.15, -0.1) is 0 Å². The van der Waals surface area contributed by atoms with E-state index in [4.69, 9.17) is 14.7 Å². The van der Waals surface area contributed by atoms with Crippen molar-refractivity contribution >= 4 is 35.5 Å². The molecule has 9 heteroatoms. The average Bonchev–Trinajstić information content (AvgIpc) is 3.15. The Morgan fingerprint density at radius 3 is 2.44 bits per heavy atom. The number of benzene rings is 3. The summed E-state index contributed by atoms with van der Waals surface area (Å²) in [6.07, 6.45) is 5.98. The monoisotopic (exact) mass is 661 g/mol. The molecule has 1 unspecified atom stereocenters. The predicted octanol–water partition coefficient (Wildman–Crippen LogP) is 6.69. The molecule has 2 saturated heterocycles. The van der Waals surface area contributed by atoms with Gasteiger partial charge in [0, 0.05) is 68.8 Å². The zero-order valence-electron chi connectivity index (χ0n) is 27.5. The molecule has 6 rings (SSSR count). The topological polar surface area (TPSA) is 78.9 Å². The van der Waals surface area contributed by atoms with Gasteiger partial charge in [-0.25, -0.2) is 9.97 Å². The van der Waals surface area contributed by atoms with Crippen LogP contribution in [0.15, 0.2) is 102 Å². The van der Waals surface area contributed by atoms with Gasteiger partial charge in [-0.3, -0.25) is 14.5 Å². The molecule has 248 valence electrons. The second-order valence-electron chi connectivity index (χ2n) is 12.2. The lowest BCUT2D eigenvalue weighted by Gasteiger charge is -2.35. The van der Waals surface area contributed by atoms with Gasteiger partial charge in [0.25, 0.3) is 5.91 Å². The van der Waals surface area contributed by atoms with Crippen LogP contribution >= 0.6 is 11.8 Å². The first-order valence-electron chi connectivity index (χ1n) is 16.9. The molecule has 0 bridgehead atoms. The molecule has 2 aliphatic rings. The number of thioether (sulfide) groups is 1. The van der Waals surface area contributed by atoms with E-state index in [1.165, 1.54) is 5.56 Å². The van der Waals surface area contributed by atoms with Crippen LogP contribution in [0.3, 0.4) is 0 Å². The maximum atomic E-state index is 13.4. The summed E-state index contributed by atoms with van der Waals surface area (Å²) < 4.78 is 5.23. The number of carbonyl (C=O) groups excluding carboxylic acids is 2. The molecule has 1 amide bonds. The third-order valence-electron chi connectivity index (χ3n) is 8.80. The van der Waals surface area contributed by atoms with Crippen LogP contribution in [-0.4, -0.2) is 84.1 Å². The second kappa shape index (κ2) is 16.6. The molecule has 0 spiro atoms. The molecule has 8 nitrogen and oxygen atoms in total. The minimum atomic E-state index is -0.260. The maximum absolute atomic E-state index is 13.4. The van der Waals surface area contributed by atoms with Gasteiger partial charge in [0.05, 0.1) is 18.2 Å². The zero-order chi connectivity index (χ0) is 33.1. The summed E-state index contributed by atoms with van der Waals surface area (Å²) in [6.45, 7) is 7.85. The molecule has 3 aromatic carbocycles. The smallest absolute Gasteiger partial charge is 0.310 e. The van der Waals surface area contributed by atoms with Crippen LogP contribution in [0, 0.1) is 5.92 Å². The summed E-state index contributed by atoms with van der Waals surface area (Å²) in [5.74, 6) is 1.05. The van der Waals surface area contributed by atoms with Crippen molar-refractivity contribution in [3.8, 4) is 11.3 Å². The number of hydrogen-bond acceptors (Lipinski definition) is 8. The van der Waals surface area contributed by atoms with Crippen LogP contribution in [0.4, 0.5) is 5.82 Å². The van der Waals surface area contributed by atoms with Crippen molar-refractivity contribution < 1.29 is 14.3 Å². The third-order valence-corrected chi connectivity index (χ3v) is 9.72. The highest BCUT2D eigenvalue weighted by Crippen LogP contribution is 2.29. The Labute approximate surface area is 287 Å². The van der Waals surface area contributed by atoms with E-state index in [1.54, 1.807) is 16.7 Å². The highest BCUT2D eigenvalue weighted by molar-refractivity contribution is 7.98. The molecule has 0 radical (unpaired) electrons. The van der Waals surface area contributed by atoms with Gasteiger partial charge in [-0.1, -0.05) is 96.7 Å². The van der Waals surface area contributed by atoms with Crippen LogP contribution in [0.1, 0.15) is 41.3 Å². The van der Waals surface area contributed by atoms with E-state index in [2.05, 4.69) is 64.4 Å². The van der Waals surface area contributed by atoms with Crippen molar-refractivity contribution in [2.24, 2.45) is 5.92 Å². The number of piperidine rings is 1. The minimum absolute atomic E-state index is 0.0461. The predicted molar refractivity (Wildman–Crippen MR) is 193 cm³/mol. The van der Waals surface area contributed by atoms with Crippen molar-refractivity contribution in [3.63, 3.8) is 0 Å².